The lowest BCUT2D eigenvalue weighted by atomic mass is 10.2. The Balaban J connectivity index is 1.77. The van der Waals surface area contributed by atoms with E-state index in [4.69, 9.17) is 0 Å². The van der Waals surface area contributed by atoms with Crippen molar-refractivity contribution in [2.24, 2.45) is 0 Å². The van der Waals surface area contributed by atoms with Gasteiger partial charge in [-0.15, -0.1) is 11.8 Å². The zero-order valence-electron chi connectivity index (χ0n) is 13.6. The highest BCUT2D eigenvalue weighted by atomic mass is 32.2. The summed E-state index contributed by atoms with van der Waals surface area (Å²) >= 11 is 3.57. The van der Waals surface area contributed by atoms with Crippen LogP contribution >= 0.6 is 23.5 Å². The van der Waals surface area contributed by atoms with Crippen LogP contribution in [0.2, 0.25) is 0 Å². The van der Waals surface area contributed by atoms with Gasteiger partial charge in [0.2, 0.25) is 0 Å². The number of thioether (sulfide) groups is 2. The van der Waals surface area contributed by atoms with E-state index in [1.165, 1.54) is 5.56 Å². The quantitative estimate of drug-likeness (QED) is 0.548. The molecule has 0 radical (unpaired) electrons. The van der Waals surface area contributed by atoms with E-state index < -0.39 is 0 Å². The van der Waals surface area contributed by atoms with Gasteiger partial charge in [-0.05, 0) is 17.7 Å². The van der Waals surface area contributed by atoms with Gasteiger partial charge in [0.1, 0.15) is 0 Å². The zero-order valence-corrected chi connectivity index (χ0v) is 15.3. The molecule has 4 heteroatoms. The fourth-order valence-corrected chi connectivity index (χ4v) is 3.88. The van der Waals surface area contributed by atoms with Gasteiger partial charge in [0.25, 0.3) is 5.91 Å². The molecule has 2 aromatic rings. The van der Waals surface area contributed by atoms with Crippen molar-refractivity contribution in [1.82, 2.24) is 5.32 Å². The first-order valence-electron chi connectivity index (χ1n) is 7.82. The number of carbonyl (C=O) groups excluding carboxylic acids is 1. The first kappa shape index (κ1) is 18.0. The lowest BCUT2D eigenvalue weighted by molar-refractivity contribution is 0.0953. The van der Waals surface area contributed by atoms with Crippen molar-refractivity contribution in [2.45, 2.75) is 29.7 Å². The van der Waals surface area contributed by atoms with Gasteiger partial charge in [-0.2, -0.15) is 11.8 Å². The van der Waals surface area contributed by atoms with Gasteiger partial charge >= 0.3 is 0 Å². The van der Waals surface area contributed by atoms with Crippen LogP contribution in [0.5, 0.6) is 0 Å². The first-order chi connectivity index (χ1) is 11.2. The van der Waals surface area contributed by atoms with Gasteiger partial charge in [-0.25, -0.2) is 0 Å². The fraction of sp³-hybridized carbons (Fsp3) is 0.316. The number of carbonyl (C=O) groups is 1. The molecule has 122 valence electrons. The molecule has 0 unspecified atom stereocenters. The van der Waals surface area contributed by atoms with Crippen molar-refractivity contribution in [3.63, 3.8) is 0 Å². The number of rotatable bonds is 8. The van der Waals surface area contributed by atoms with Gasteiger partial charge in [-0.1, -0.05) is 56.3 Å². The highest BCUT2D eigenvalue weighted by molar-refractivity contribution is 8.00. The average Bonchev–Trinajstić information content (AvgIpc) is 2.55. The molecule has 1 amide bonds. The Morgan fingerprint density at radius 2 is 1.74 bits per heavy atom. The summed E-state index contributed by atoms with van der Waals surface area (Å²) in [7, 11) is 0. The molecule has 1 N–H and O–H groups in total. The van der Waals surface area contributed by atoms with Gasteiger partial charge in [0.05, 0.1) is 5.56 Å². The molecule has 0 saturated carbocycles. The minimum atomic E-state index is 0.0223. The standard InChI is InChI=1S/C19H23NOS2/c1-15(2)23-18-11-7-6-10-17(18)19(21)20-12-13-22-14-16-8-4-3-5-9-16/h3-11,15H,12-14H2,1-2H3,(H,20,21). The summed E-state index contributed by atoms with van der Waals surface area (Å²) in [5, 5.41) is 3.49. The van der Waals surface area contributed by atoms with Crippen LogP contribution in [-0.4, -0.2) is 23.5 Å². The summed E-state index contributed by atoms with van der Waals surface area (Å²) in [6.07, 6.45) is 0. The second-order valence-corrected chi connectivity index (χ2v) is 8.18. The van der Waals surface area contributed by atoms with Crippen molar-refractivity contribution in [1.29, 1.82) is 0 Å². The summed E-state index contributed by atoms with van der Waals surface area (Å²) in [4.78, 5) is 13.4. The number of hydrogen-bond acceptors (Lipinski definition) is 3. The number of hydrogen-bond donors (Lipinski definition) is 1. The van der Waals surface area contributed by atoms with Crippen molar-refractivity contribution in [3.8, 4) is 0 Å². The molecule has 0 aliphatic carbocycles. The molecule has 0 saturated heterocycles. The normalized spacial score (nSPS) is 10.7. The van der Waals surface area contributed by atoms with Gasteiger partial charge < -0.3 is 5.32 Å². The molecule has 0 spiro atoms. The predicted octanol–water partition coefficient (Wildman–Crippen LogP) is 4.85. The van der Waals surface area contributed by atoms with Crippen LogP contribution in [0.3, 0.4) is 0 Å². The van der Waals surface area contributed by atoms with E-state index in [9.17, 15) is 4.79 Å². The van der Waals surface area contributed by atoms with E-state index in [0.717, 1.165) is 22.0 Å². The predicted molar refractivity (Wildman–Crippen MR) is 102 cm³/mol. The smallest absolute Gasteiger partial charge is 0.252 e. The summed E-state index contributed by atoms with van der Waals surface area (Å²) < 4.78 is 0. The van der Waals surface area contributed by atoms with Gasteiger partial charge in [0.15, 0.2) is 0 Å². The van der Waals surface area contributed by atoms with Crippen LogP contribution in [0.25, 0.3) is 0 Å². The Bertz CT molecular complexity index is 614. The monoisotopic (exact) mass is 345 g/mol. The average molecular weight is 346 g/mol. The molecule has 0 atom stereocenters. The van der Waals surface area contributed by atoms with Crippen molar-refractivity contribution in [2.75, 3.05) is 12.3 Å². The number of amides is 1. The molecule has 0 aromatic heterocycles. The Hall–Kier alpha value is -1.39. The summed E-state index contributed by atoms with van der Waals surface area (Å²) in [6, 6.07) is 18.2. The maximum absolute atomic E-state index is 12.3. The molecule has 23 heavy (non-hydrogen) atoms. The second kappa shape index (κ2) is 9.68. The molecular weight excluding hydrogens is 322 g/mol. The van der Waals surface area contributed by atoms with Crippen molar-refractivity contribution < 1.29 is 4.79 Å². The van der Waals surface area contributed by atoms with Crippen molar-refractivity contribution in [3.05, 3.63) is 65.7 Å². The molecule has 0 heterocycles. The second-order valence-electron chi connectivity index (χ2n) is 5.46. The Morgan fingerprint density at radius 3 is 2.48 bits per heavy atom. The summed E-state index contributed by atoms with van der Waals surface area (Å²) in [6.45, 7) is 4.97. The third kappa shape index (κ3) is 6.32. The molecule has 2 rings (SSSR count). The number of nitrogens with one attached hydrogen (secondary N) is 1. The lowest BCUT2D eigenvalue weighted by Gasteiger charge is -2.11. The highest BCUT2D eigenvalue weighted by Crippen LogP contribution is 2.26. The largest absolute Gasteiger partial charge is 0.351 e. The third-order valence-electron chi connectivity index (χ3n) is 3.14. The molecule has 0 fully saturated rings. The van der Waals surface area contributed by atoms with E-state index in [1.807, 2.05) is 42.1 Å². The third-order valence-corrected chi connectivity index (χ3v) is 5.25. The maximum atomic E-state index is 12.3. The van der Waals surface area contributed by atoms with Crippen molar-refractivity contribution >= 4 is 29.4 Å². The summed E-state index contributed by atoms with van der Waals surface area (Å²) in [5.74, 6) is 1.92. The van der Waals surface area contributed by atoms with Crippen LogP contribution in [0.15, 0.2) is 59.5 Å². The van der Waals surface area contributed by atoms with Crippen LogP contribution in [0.4, 0.5) is 0 Å². The van der Waals surface area contributed by atoms with Gasteiger partial charge in [0, 0.05) is 28.2 Å². The Kier molecular flexibility index (Phi) is 7.56. The molecule has 0 bridgehead atoms. The Labute approximate surface area is 147 Å². The van der Waals surface area contributed by atoms with Crippen LogP contribution in [-0.2, 0) is 5.75 Å². The SMILES string of the molecule is CC(C)Sc1ccccc1C(=O)NCCSCc1ccccc1. The van der Waals surface area contributed by atoms with E-state index in [0.29, 0.717) is 11.8 Å². The van der Waals surface area contributed by atoms with Crippen LogP contribution < -0.4 is 5.32 Å². The fourth-order valence-electron chi connectivity index (χ4n) is 2.11. The highest BCUT2D eigenvalue weighted by Gasteiger charge is 2.11. The zero-order chi connectivity index (χ0) is 16.5. The van der Waals surface area contributed by atoms with Gasteiger partial charge in [-0.3, -0.25) is 4.79 Å². The topological polar surface area (TPSA) is 29.1 Å². The molecule has 0 aliphatic rings. The minimum absolute atomic E-state index is 0.0223. The van der Waals surface area contributed by atoms with E-state index in [-0.39, 0.29) is 5.91 Å². The van der Waals surface area contributed by atoms with E-state index in [1.54, 1.807) is 11.8 Å². The number of benzene rings is 2. The van der Waals surface area contributed by atoms with Crippen LogP contribution in [0, 0.1) is 0 Å². The van der Waals surface area contributed by atoms with E-state index >= 15 is 0 Å². The molecular formula is C19H23NOS2. The summed E-state index contributed by atoms with van der Waals surface area (Å²) in [5.41, 5.74) is 2.10. The first-order valence-corrected chi connectivity index (χ1v) is 9.86. The Morgan fingerprint density at radius 1 is 1.04 bits per heavy atom. The lowest BCUT2D eigenvalue weighted by Crippen LogP contribution is -2.26. The van der Waals surface area contributed by atoms with E-state index in [2.05, 4.69) is 43.4 Å². The minimum Gasteiger partial charge on any atom is -0.351 e. The molecule has 2 nitrogen and oxygen atoms in total. The molecule has 0 aliphatic heterocycles. The maximum Gasteiger partial charge on any atom is 0.252 e. The molecule has 2 aromatic carbocycles. The van der Waals surface area contributed by atoms with Crippen LogP contribution in [0.1, 0.15) is 29.8 Å².